The van der Waals surface area contributed by atoms with E-state index in [1.165, 1.54) is 17.5 Å². The van der Waals surface area contributed by atoms with Gasteiger partial charge in [-0.3, -0.25) is 10.3 Å². The van der Waals surface area contributed by atoms with Crippen molar-refractivity contribution in [1.29, 1.82) is 0 Å². The summed E-state index contributed by atoms with van der Waals surface area (Å²) in [5, 5.41) is 6.19. The smallest absolute Gasteiger partial charge is 0.339 e. The fraction of sp³-hybridized carbons (Fsp3) is 0.174. The molecule has 32 heavy (non-hydrogen) atoms. The van der Waals surface area contributed by atoms with E-state index in [4.69, 9.17) is 9.72 Å². The molecule has 0 radical (unpaired) electrons. The zero-order valence-electron chi connectivity index (χ0n) is 17.6. The Bertz CT molecular complexity index is 1250. The van der Waals surface area contributed by atoms with Crippen molar-refractivity contribution in [3.05, 3.63) is 60.6 Å². The van der Waals surface area contributed by atoms with Crippen LogP contribution in [0.5, 0.6) is 0 Å². The lowest BCUT2D eigenvalue weighted by Crippen LogP contribution is -2.28. The minimum absolute atomic E-state index is 0.280. The molecular formula is C23H21N5O3S. The molecule has 2 N–H and O–H groups in total. The number of benzene rings is 1. The number of pyridine rings is 2. The minimum Gasteiger partial charge on any atom is -0.462 e. The molecule has 3 heterocycles. The number of para-hydroxylation sites is 1. The molecule has 0 aliphatic rings. The molecule has 2 amide bonds. The van der Waals surface area contributed by atoms with Crippen LogP contribution in [0.3, 0.4) is 0 Å². The summed E-state index contributed by atoms with van der Waals surface area (Å²) in [5.41, 5.74) is 3.44. The predicted octanol–water partition coefficient (Wildman–Crippen LogP) is 4.74. The normalized spacial score (nSPS) is 10.7. The summed E-state index contributed by atoms with van der Waals surface area (Å²) in [5.74, 6) is -0.0469. The van der Waals surface area contributed by atoms with E-state index in [0.717, 1.165) is 26.4 Å². The molecule has 0 unspecified atom stereocenters. The fourth-order valence-corrected chi connectivity index (χ4v) is 4.15. The molecule has 8 nitrogen and oxygen atoms in total. The van der Waals surface area contributed by atoms with Crippen LogP contribution in [0.15, 0.2) is 55.0 Å². The molecule has 0 aliphatic carbocycles. The van der Waals surface area contributed by atoms with E-state index in [2.05, 4.69) is 20.6 Å². The molecule has 0 fully saturated rings. The molecule has 162 valence electrons. The van der Waals surface area contributed by atoms with Crippen LogP contribution in [0.2, 0.25) is 0 Å². The largest absolute Gasteiger partial charge is 0.462 e. The molecule has 4 aromatic rings. The molecule has 1 aromatic carbocycles. The molecule has 3 aromatic heterocycles. The number of ether oxygens (including phenoxy) is 1. The highest BCUT2D eigenvalue weighted by atomic mass is 32.1. The zero-order chi connectivity index (χ0) is 22.5. The van der Waals surface area contributed by atoms with E-state index >= 15 is 0 Å². The lowest BCUT2D eigenvalue weighted by Gasteiger charge is -2.11. The van der Waals surface area contributed by atoms with Gasteiger partial charge in [-0.1, -0.05) is 12.1 Å². The van der Waals surface area contributed by atoms with Crippen molar-refractivity contribution in [3.63, 3.8) is 0 Å². The topological polar surface area (TPSA) is 106 Å². The average Bonchev–Trinajstić information content (AvgIpc) is 3.24. The number of urea groups is 1. The van der Waals surface area contributed by atoms with Crippen LogP contribution in [0.4, 0.5) is 10.6 Å². The number of hydrogen-bond acceptors (Lipinski definition) is 7. The molecular weight excluding hydrogens is 426 g/mol. The van der Waals surface area contributed by atoms with Crippen molar-refractivity contribution in [1.82, 2.24) is 20.3 Å². The number of aromatic nitrogens is 3. The Morgan fingerprint density at radius 2 is 1.91 bits per heavy atom. The Kier molecular flexibility index (Phi) is 6.37. The molecule has 0 spiro atoms. The molecule has 4 rings (SSSR count). The number of nitrogens with one attached hydrogen (secondary N) is 2. The SMILES string of the molecule is CCNC(=O)Nc1cc(-c2nc3ccccc3s2)c(-c2cncc(C(=O)OCC)c2)cn1. The Balaban J connectivity index is 1.82. The van der Waals surface area contributed by atoms with E-state index < -0.39 is 5.97 Å². The average molecular weight is 448 g/mol. The number of thiazole rings is 1. The van der Waals surface area contributed by atoms with Crippen molar-refractivity contribution in [2.24, 2.45) is 0 Å². The monoisotopic (exact) mass is 447 g/mol. The van der Waals surface area contributed by atoms with Crippen molar-refractivity contribution in [2.45, 2.75) is 13.8 Å². The summed E-state index contributed by atoms with van der Waals surface area (Å²) in [4.78, 5) is 37.6. The highest BCUT2D eigenvalue weighted by Crippen LogP contribution is 2.37. The number of hydrogen-bond donors (Lipinski definition) is 2. The predicted molar refractivity (Wildman–Crippen MR) is 125 cm³/mol. The first-order valence-corrected chi connectivity index (χ1v) is 10.9. The minimum atomic E-state index is -0.439. The van der Waals surface area contributed by atoms with Crippen LogP contribution in [0.1, 0.15) is 24.2 Å². The highest BCUT2D eigenvalue weighted by molar-refractivity contribution is 7.21. The van der Waals surface area contributed by atoms with Gasteiger partial charge in [0.15, 0.2) is 0 Å². The number of rotatable bonds is 6. The van der Waals surface area contributed by atoms with Gasteiger partial charge < -0.3 is 10.1 Å². The summed E-state index contributed by atoms with van der Waals surface area (Å²) in [6.45, 7) is 4.37. The molecule has 9 heteroatoms. The van der Waals surface area contributed by atoms with E-state index in [0.29, 0.717) is 23.5 Å². The standard InChI is InChI=1S/C23H21N5O3S/c1-3-25-23(30)28-20-10-16(21-27-18-7-5-6-8-19(18)32-21)17(13-26-20)14-9-15(12-24-11-14)22(29)31-4-2/h5-13H,3-4H2,1-2H3,(H2,25,26,28,30). The third-order valence-electron chi connectivity index (χ3n) is 4.57. The van der Waals surface area contributed by atoms with Gasteiger partial charge in [0.2, 0.25) is 0 Å². The van der Waals surface area contributed by atoms with Crippen molar-refractivity contribution in [3.8, 4) is 21.7 Å². The number of anilines is 1. The Morgan fingerprint density at radius 1 is 1.06 bits per heavy atom. The van der Waals surface area contributed by atoms with Gasteiger partial charge in [-0.05, 0) is 38.1 Å². The highest BCUT2D eigenvalue weighted by Gasteiger charge is 2.17. The van der Waals surface area contributed by atoms with Gasteiger partial charge in [-0.2, -0.15) is 0 Å². The van der Waals surface area contributed by atoms with Gasteiger partial charge in [0.25, 0.3) is 0 Å². The lowest BCUT2D eigenvalue weighted by molar-refractivity contribution is 0.0526. The second kappa shape index (κ2) is 9.52. The number of carbonyl (C=O) groups is 2. The third-order valence-corrected chi connectivity index (χ3v) is 5.64. The van der Waals surface area contributed by atoms with Crippen LogP contribution >= 0.6 is 11.3 Å². The van der Waals surface area contributed by atoms with Crippen LogP contribution < -0.4 is 10.6 Å². The van der Waals surface area contributed by atoms with Gasteiger partial charge in [0.05, 0.1) is 22.4 Å². The van der Waals surface area contributed by atoms with E-state index in [-0.39, 0.29) is 12.6 Å². The zero-order valence-corrected chi connectivity index (χ0v) is 18.4. The quantitative estimate of drug-likeness (QED) is 0.414. The summed E-state index contributed by atoms with van der Waals surface area (Å²) < 4.78 is 6.14. The number of nitrogens with zero attached hydrogens (tertiary/aromatic N) is 3. The van der Waals surface area contributed by atoms with E-state index in [1.54, 1.807) is 31.5 Å². The van der Waals surface area contributed by atoms with Gasteiger partial charge in [-0.25, -0.2) is 19.6 Å². The van der Waals surface area contributed by atoms with Gasteiger partial charge >= 0.3 is 12.0 Å². The van der Waals surface area contributed by atoms with Gasteiger partial charge in [-0.15, -0.1) is 11.3 Å². The number of fused-ring (bicyclic) bond motifs is 1. The summed E-state index contributed by atoms with van der Waals surface area (Å²) >= 11 is 1.54. The second-order valence-corrected chi connectivity index (χ2v) is 7.80. The van der Waals surface area contributed by atoms with Crippen LogP contribution in [-0.4, -0.2) is 40.1 Å². The van der Waals surface area contributed by atoms with E-state index in [1.807, 2.05) is 31.2 Å². The van der Waals surface area contributed by atoms with Crippen LogP contribution in [-0.2, 0) is 4.74 Å². The van der Waals surface area contributed by atoms with Crippen molar-refractivity contribution >= 4 is 39.4 Å². The fourth-order valence-electron chi connectivity index (χ4n) is 3.15. The van der Waals surface area contributed by atoms with Gasteiger partial charge in [0.1, 0.15) is 10.8 Å². The molecule has 0 atom stereocenters. The Hall–Kier alpha value is -3.85. The number of amides is 2. The third kappa shape index (κ3) is 4.57. The van der Waals surface area contributed by atoms with Crippen LogP contribution in [0.25, 0.3) is 31.9 Å². The first-order chi connectivity index (χ1) is 15.6. The number of carbonyl (C=O) groups excluding carboxylic acids is 2. The second-order valence-electron chi connectivity index (χ2n) is 6.77. The maximum absolute atomic E-state index is 12.2. The molecule has 0 saturated heterocycles. The van der Waals surface area contributed by atoms with Crippen LogP contribution in [0, 0.1) is 0 Å². The summed E-state index contributed by atoms with van der Waals surface area (Å²) in [6, 6.07) is 11.0. The van der Waals surface area contributed by atoms with Gasteiger partial charge in [0, 0.05) is 41.8 Å². The maximum Gasteiger partial charge on any atom is 0.339 e. The first kappa shape index (κ1) is 21.4. The first-order valence-electron chi connectivity index (χ1n) is 10.1. The van der Waals surface area contributed by atoms with Crippen molar-refractivity contribution < 1.29 is 14.3 Å². The summed E-state index contributed by atoms with van der Waals surface area (Å²) in [6.07, 6.45) is 4.78. The van der Waals surface area contributed by atoms with E-state index in [9.17, 15) is 9.59 Å². The Morgan fingerprint density at radius 3 is 2.69 bits per heavy atom. The molecule has 0 saturated carbocycles. The molecule has 0 bridgehead atoms. The molecule has 0 aliphatic heterocycles. The summed E-state index contributed by atoms with van der Waals surface area (Å²) in [7, 11) is 0. The maximum atomic E-state index is 12.2. The van der Waals surface area contributed by atoms with Crippen molar-refractivity contribution in [2.75, 3.05) is 18.5 Å². The lowest BCUT2D eigenvalue weighted by atomic mass is 10.0. The Labute approximate surface area is 188 Å². The number of esters is 1.